The van der Waals surface area contributed by atoms with E-state index in [1.165, 1.54) is 0 Å². The standard InChI is InChI=1S/C33H33NO5/c1-3-37-27-16-14-24(15-17-27)31-30(33(36)39-19-18-38-26-12-8-5-9-13-26)22(2)34-28-20-25(21-29(35)32(28)31)23-10-6-4-7-11-23/h4-17,25,31,34H,3,18-21H2,1-2H3/t25-,31+/m0/s1. The minimum absolute atomic E-state index is 0.0432. The molecule has 3 aromatic carbocycles. The lowest BCUT2D eigenvalue weighted by Crippen LogP contribution is -2.36. The Bertz CT molecular complexity index is 1380. The van der Waals surface area contributed by atoms with E-state index in [-0.39, 0.29) is 24.9 Å². The SMILES string of the molecule is CCOc1ccc([C@@H]2C(C(=O)OCCOc3ccccc3)=C(C)NC3=C2C(=O)C[C@@H](c2ccccc2)C3)cc1. The van der Waals surface area contributed by atoms with Crippen LogP contribution < -0.4 is 14.8 Å². The number of carbonyl (C=O) groups is 2. The molecule has 1 heterocycles. The van der Waals surface area contributed by atoms with Crippen LogP contribution in [0.5, 0.6) is 11.5 Å². The Labute approximate surface area is 229 Å². The third kappa shape index (κ3) is 5.90. The summed E-state index contributed by atoms with van der Waals surface area (Å²) in [6, 6.07) is 27.1. The molecule has 2 aliphatic rings. The number of nitrogens with one attached hydrogen (secondary N) is 1. The number of hydrogen-bond donors (Lipinski definition) is 1. The highest BCUT2D eigenvalue weighted by Crippen LogP contribution is 2.45. The second kappa shape index (κ2) is 12.0. The first kappa shape index (κ1) is 26.3. The Balaban J connectivity index is 1.42. The molecule has 1 aliphatic heterocycles. The van der Waals surface area contributed by atoms with E-state index < -0.39 is 11.9 Å². The van der Waals surface area contributed by atoms with Gasteiger partial charge in [0.05, 0.1) is 12.2 Å². The smallest absolute Gasteiger partial charge is 0.336 e. The number of ether oxygens (including phenoxy) is 3. The summed E-state index contributed by atoms with van der Waals surface area (Å²) in [4.78, 5) is 27.2. The summed E-state index contributed by atoms with van der Waals surface area (Å²) < 4.78 is 17.0. The van der Waals surface area contributed by atoms with Gasteiger partial charge in [-0.05, 0) is 61.6 Å². The topological polar surface area (TPSA) is 73.9 Å². The molecule has 6 heteroatoms. The van der Waals surface area contributed by atoms with Crippen molar-refractivity contribution in [2.24, 2.45) is 0 Å². The monoisotopic (exact) mass is 523 g/mol. The number of dihydropyridines is 1. The van der Waals surface area contributed by atoms with Crippen molar-refractivity contribution in [3.05, 3.63) is 119 Å². The van der Waals surface area contributed by atoms with E-state index >= 15 is 0 Å². The molecule has 2 atom stereocenters. The number of benzene rings is 3. The maximum absolute atomic E-state index is 13.7. The quantitative estimate of drug-likeness (QED) is 0.271. The third-order valence-electron chi connectivity index (χ3n) is 7.17. The summed E-state index contributed by atoms with van der Waals surface area (Å²) in [5, 5.41) is 3.41. The van der Waals surface area contributed by atoms with Crippen LogP contribution in [0.25, 0.3) is 0 Å². The highest BCUT2D eigenvalue weighted by atomic mass is 16.6. The van der Waals surface area contributed by atoms with E-state index in [4.69, 9.17) is 14.2 Å². The normalized spacial score (nSPS) is 18.8. The van der Waals surface area contributed by atoms with Gasteiger partial charge in [0.1, 0.15) is 24.7 Å². The molecule has 0 saturated carbocycles. The van der Waals surface area contributed by atoms with E-state index in [2.05, 4.69) is 17.4 Å². The average molecular weight is 524 g/mol. The zero-order valence-corrected chi connectivity index (χ0v) is 22.3. The predicted molar refractivity (Wildman–Crippen MR) is 150 cm³/mol. The number of para-hydroxylation sites is 1. The Morgan fingerprint density at radius 1 is 0.821 bits per heavy atom. The summed E-state index contributed by atoms with van der Waals surface area (Å²) in [5.74, 6) is 0.602. The molecule has 1 N–H and O–H groups in total. The Hall–Kier alpha value is -4.32. The molecule has 0 aromatic heterocycles. The van der Waals surface area contributed by atoms with Crippen molar-refractivity contribution in [3.63, 3.8) is 0 Å². The van der Waals surface area contributed by atoms with Gasteiger partial charge in [-0.25, -0.2) is 4.79 Å². The highest BCUT2D eigenvalue weighted by molar-refractivity contribution is 6.04. The summed E-state index contributed by atoms with van der Waals surface area (Å²) in [5.41, 5.74) is 4.66. The van der Waals surface area contributed by atoms with Gasteiger partial charge in [-0.1, -0.05) is 60.7 Å². The number of Topliss-reactive ketones (excluding diaryl/α,β-unsaturated/α-hetero) is 1. The number of carbonyl (C=O) groups excluding carboxylic acids is 2. The van der Waals surface area contributed by atoms with E-state index in [0.717, 1.165) is 22.6 Å². The fourth-order valence-electron chi connectivity index (χ4n) is 5.42. The molecule has 0 bridgehead atoms. The number of allylic oxidation sites excluding steroid dienone is 3. The van der Waals surface area contributed by atoms with Crippen molar-refractivity contribution in [1.82, 2.24) is 5.32 Å². The summed E-state index contributed by atoms with van der Waals surface area (Å²) in [6.45, 7) is 4.69. The van der Waals surface area contributed by atoms with Crippen LogP contribution in [0.3, 0.4) is 0 Å². The first-order valence-corrected chi connectivity index (χ1v) is 13.4. The predicted octanol–water partition coefficient (Wildman–Crippen LogP) is 6.07. The molecule has 0 unspecified atom stereocenters. The molecule has 200 valence electrons. The van der Waals surface area contributed by atoms with Crippen molar-refractivity contribution in [1.29, 1.82) is 0 Å². The van der Waals surface area contributed by atoms with Gasteiger partial charge in [0.2, 0.25) is 0 Å². The van der Waals surface area contributed by atoms with Crippen molar-refractivity contribution >= 4 is 11.8 Å². The maximum Gasteiger partial charge on any atom is 0.336 e. The van der Waals surface area contributed by atoms with Crippen LogP contribution in [0.15, 0.2) is 107 Å². The van der Waals surface area contributed by atoms with Crippen LogP contribution in [0, 0.1) is 0 Å². The fraction of sp³-hybridized carbons (Fsp3) is 0.273. The zero-order valence-electron chi connectivity index (χ0n) is 22.3. The molecule has 6 nitrogen and oxygen atoms in total. The lowest BCUT2D eigenvalue weighted by atomic mass is 9.72. The third-order valence-corrected chi connectivity index (χ3v) is 7.17. The van der Waals surface area contributed by atoms with Crippen molar-refractivity contribution in [3.8, 4) is 11.5 Å². The molecule has 0 radical (unpaired) electrons. The van der Waals surface area contributed by atoms with Crippen LogP contribution in [0.4, 0.5) is 0 Å². The fourth-order valence-corrected chi connectivity index (χ4v) is 5.42. The second-order valence-corrected chi connectivity index (χ2v) is 9.73. The van der Waals surface area contributed by atoms with Gasteiger partial charge in [-0.2, -0.15) is 0 Å². The van der Waals surface area contributed by atoms with Gasteiger partial charge in [-0.3, -0.25) is 4.79 Å². The Morgan fingerprint density at radius 3 is 2.18 bits per heavy atom. The lowest BCUT2D eigenvalue weighted by molar-refractivity contribution is -0.140. The van der Waals surface area contributed by atoms with Crippen molar-refractivity contribution < 1.29 is 23.8 Å². The van der Waals surface area contributed by atoms with E-state index in [9.17, 15) is 9.59 Å². The maximum atomic E-state index is 13.7. The number of rotatable bonds is 9. The molecule has 39 heavy (non-hydrogen) atoms. The first-order chi connectivity index (χ1) is 19.0. The molecule has 0 amide bonds. The van der Waals surface area contributed by atoms with E-state index in [1.807, 2.05) is 86.6 Å². The van der Waals surface area contributed by atoms with Crippen LogP contribution in [0.1, 0.15) is 49.7 Å². The second-order valence-electron chi connectivity index (χ2n) is 9.73. The molecule has 1 aliphatic carbocycles. The van der Waals surface area contributed by atoms with Crippen LogP contribution >= 0.6 is 0 Å². The minimum Gasteiger partial charge on any atom is -0.494 e. The van der Waals surface area contributed by atoms with E-state index in [1.54, 1.807) is 0 Å². The molecule has 0 fully saturated rings. The lowest BCUT2D eigenvalue weighted by Gasteiger charge is -2.36. The Morgan fingerprint density at radius 2 is 1.49 bits per heavy atom. The Kier molecular flexibility index (Phi) is 8.11. The zero-order chi connectivity index (χ0) is 27.2. The van der Waals surface area contributed by atoms with Crippen LogP contribution in [-0.2, 0) is 14.3 Å². The van der Waals surface area contributed by atoms with Gasteiger partial charge >= 0.3 is 5.97 Å². The molecule has 5 rings (SSSR count). The van der Waals surface area contributed by atoms with Crippen molar-refractivity contribution in [2.45, 2.75) is 38.5 Å². The van der Waals surface area contributed by atoms with Gasteiger partial charge in [0.25, 0.3) is 0 Å². The first-order valence-electron chi connectivity index (χ1n) is 13.4. The number of esters is 1. The van der Waals surface area contributed by atoms with Crippen molar-refractivity contribution in [2.75, 3.05) is 19.8 Å². The number of ketones is 1. The minimum atomic E-state index is -0.524. The summed E-state index contributed by atoms with van der Waals surface area (Å²) in [6.07, 6.45) is 1.09. The van der Waals surface area contributed by atoms with Gasteiger partial charge < -0.3 is 19.5 Å². The molecule has 3 aromatic rings. The summed E-state index contributed by atoms with van der Waals surface area (Å²) in [7, 11) is 0. The van der Waals surface area contributed by atoms with Gasteiger partial charge in [0.15, 0.2) is 5.78 Å². The number of hydrogen-bond acceptors (Lipinski definition) is 6. The highest BCUT2D eigenvalue weighted by Gasteiger charge is 2.41. The van der Waals surface area contributed by atoms with E-state index in [0.29, 0.717) is 42.0 Å². The van der Waals surface area contributed by atoms with Crippen LogP contribution in [-0.4, -0.2) is 31.6 Å². The molecule has 0 spiro atoms. The van der Waals surface area contributed by atoms with Gasteiger partial charge in [0, 0.05) is 29.3 Å². The largest absolute Gasteiger partial charge is 0.494 e. The van der Waals surface area contributed by atoms with Gasteiger partial charge in [-0.15, -0.1) is 0 Å². The molecule has 0 saturated heterocycles. The average Bonchev–Trinajstić information content (AvgIpc) is 2.96. The molecular weight excluding hydrogens is 490 g/mol. The van der Waals surface area contributed by atoms with Crippen LogP contribution in [0.2, 0.25) is 0 Å². The summed E-state index contributed by atoms with van der Waals surface area (Å²) >= 11 is 0. The molecular formula is C33H33NO5.